The predicted molar refractivity (Wildman–Crippen MR) is 231 cm³/mol. The van der Waals surface area contributed by atoms with Gasteiger partial charge in [-0.05, 0) is 62.4 Å². The van der Waals surface area contributed by atoms with Crippen molar-refractivity contribution in [3.63, 3.8) is 0 Å². The number of aromatic nitrogens is 4. The van der Waals surface area contributed by atoms with Crippen molar-refractivity contribution in [3.8, 4) is 78.8 Å². The molecule has 0 radical (unpaired) electrons. The number of nitrogens with zero attached hydrogens (tertiary/aromatic N) is 4. The van der Waals surface area contributed by atoms with Crippen molar-refractivity contribution in [1.82, 2.24) is 19.9 Å². The molecule has 0 unspecified atom stereocenters. The maximum atomic E-state index is 5.33. The first-order chi connectivity index (χ1) is 27.7. The Bertz CT molecular complexity index is 2980. The van der Waals surface area contributed by atoms with Crippen LogP contribution in [-0.4, -0.2) is 19.9 Å². The van der Waals surface area contributed by atoms with E-state index in [0.29, 0.717) is 17.5 Å². The first-order valence-corrected chi connectivity index (χ1v) is 18.8. The van der Waals surface area contributed by atoms with Crippen molar-refractivity contribution in [3.05, 3.63) is 206 Å². The minimum absolute atomic E-state index is 0.615. The molecule has 0 N–H and O–H groups in total. The summed E-state index contributed by atoms with van der Waals surface area (Å²) in [5.41, 5.74) is 12.5. The number of hydrogen-bond donors (Lipinski definition) is 0. The number of pyridine rings is 1. The second-order valence-corrected chi connectivity index (χ2v) is 13.8. The number of rotatable bonds is 7. The third-order valence-corrected chi connectivity index (χ3v) is 10.3. The van der Waals surface area contributed by atoms with Crippen molar-refractivity contribution in [2.45, 2.75) is 0 Å². The summed E-state index contributed by atoms with van der Waals surface area (Å²) >= 11 is 0. The SMILES string of the molecule is c1ccc(-c2ccc(-c3nc(-c4ccccc4)nc(-c4cccc(-c5cc6nc(-c7ccccc7)cc(-c7ccccc7)c6c6ccccc56)c4)n3)cc2)cc1. The molecule has 8 aromatic carbocycles. The molecular formula is C52H34N4. The first-order valence-electron chi connectivity index (χ1n) is 18.8. The van der Waals surface area contributed by atoms with Crippen molar-refractivity contribution in [2.75, 3.05) is 0 Å². The van der Waals surface area contributed by atoms with E-state index >= 15 is 0 Å². The summed E-state index contributed by atoms with van der Waals surface area (Å²) in [5.74, 6) is 1.87. The Morgan fingerprint density at radius 3 is 1.34 bits per heavy atom. The van der Waals surface area contributed by atoms with Crippen LogP contribution in [0.25, 0.3) is 100 Å². The molecule has 4 heteroatoms. The monoisotopic (exact) mass is 714 g/mol. The molecule has 2 heterocycles. The molecule has 4 nitrogen and oxygen atoms in total. The summed E-state index contributed by atoms with van der Waals surface area (Å²) in [4.78, 5) is 20.5. The average molecular weight is 715 g/mol. The van der Waals surface area contributed by atoms with E-state index in [1.807, 2.05) is 42.5 Å². The topological polar surface area (TPSA) is 51.6 Å². The molecule has 0 spiro atoms. The zero-order chi connectivity index (χ0) is 37.3. The number of benzene rings is 8. The van der Waals surface area contributed by atoms with Gasteiger partial charge in [0.1, 0.15) is 0 Å². The Balaban J connectivity index is 1.14. The maximum absolute atomic E-state index is 5.33. The van der Waals surface area contributed by atoms with E-state index in [0.717, 1.165) is 77.4 Å². The Labute approximate surface area is 325 Å². The molecule has 10 aromatic rings. The second-order valence-electron chi connectivity index (χ2n) is 13.8. The van der Waals surface area contributed by atoms with Gasteiger partial charge in [0.15, 0.2) is 17.5 Å². The van der Waals surface area contributed by atoms with Crippen LogP contribution in [0.4, 0.5) is 0 Å². The molecule has 0 fully saturated rings. The molecule has 0 saturated carbocycles. The Morgan fingerprint density at radius 2 is 0.696 bits per heavy atom. The van der Waals surface area contributed by atoms with Crippen molar-refractivity contribution >= 4 is 21.7 Å². The second kappa shape index (κ2) is 14.3. The average Bonchev–Trinajstić information content (AvgIpc) is 3.29. The van der Waals surface area contributed by atoms with E-state index in [1.54, 1.807) is 0 Å². The van der Waals surface area contributed by atoms with E-state index in [2.05, 4.69) is 164 Å². The fourth-order valence-corrected chi connectivity index (χ4v) is 7.56. The van der Waals surface area contributed by atoms with Crippen LogP contribution in [0.2, 0.25) is 0 Å². The van der Waals surface area contributed by atoms with Gasteiger partial charge < -0.3 is 0 Å². The van der Waals surface area contributed by atoms with E-state index < -0.39 is 0 Å². The normalized spacial score (nSPS) is 11.2. The molecule has 262 valence electrons. The summed E-state index contributed by atoms with van der Waals surface area (Å²) in [5, 5.41) is 3.45. The minimum atomic E-state index is 0.615. The summed E-state index contributed by atoms with van der Waals surface area (Å²) < 4.78 is 0. The molecule has 56 heavy (non-hydrogen) atoms. The highest BCUT2D eigenvalue weighted by Gasteiger charge is 2.18. The van der Waals surface area contributed by atoms with E-state index in [9.17, 15) is 0 Å². The van der Waals surface area contributed by atoms with Gasteiger partial charge in [-0.25, -0.2) is 19.9 Å². The Hall–Kier alpha value is -7.56. The Morgan fingerprint density at radius 1 is 0.250 bits per heavy atom. The highest BCUT2D eigenvalue weighted by atomic mass is 15.0. The van der Waals surface area contributed by atoms with E-state index in [4.69, 9.17) is 19.9 Å². The fraction of sp³-hybridized carbons (Fsp3) is 0. The van der Waals surface area contributed by atoms with Crippen LogP contribution in [0.3, 0.4) is 0 Å². The van der Waals surface area contributed by atoms with Crippen molar-refractivity contribution in [2.24, 2.45) is 0 Å². The third kappa shape index (κ3) is 6.29. The number of hydrogen-bond acceptors (Lipinski definition) is 4. The van der Waals surface area contributed by atoms with Crippen LogP contribution in [0.15, 0.2) is 206 Å². The van der Waals surface area contributed by atoms with Crippen LogP contribution < -0.4 is 0 Å². The molecule has 0 aliphatic carbocycles. The van der Waals surface area contributed by atoms with Gasteiger partial charge in [0.05, 0.1) is 11.2 Å². The van der Waals surface area contributed by atoms with Gasteiger partial charge in [-0.15, -0.1) is 0 Å². The highest BCUT2D eigenvalue weighted by molar-refractivity contribution is 6.18. The summed E-state index contributed by atoms with van der Waals surface area (Å²) in [6, 6.07) is 71.7. The lowest BCUT2D eigenvalue weighted by atomic mass is 9.90. The molecule has 0 amide bonds. The smallest absolute Gasteiger partial charge is 0.164 e. The lowest BCUT2D eigenvalue weighted by molar-refractivity contribution is 1.07. The van der Waals surface area contributed by atoms with Crippen LogP contribution >= 0.6 is 0 Å². The maximum Gasteiger partial charge on any atom is 0.164 e. The third-order valence-electron chi connectivity index (χ3n) is 10.3. The molecule has 0 aliphatic heterocycles. The van der Waals surface area contributed by atoms with Crippen LogP contribution in [-0.2, 0) is 0 Å². The predicted octanol–water partition coefficient (Wildman–Crippen LogP) is 13.2. The van der Waals surface area contributed by atoms with Crippen molar-refractivity contribution in [1.29, 1.82) is 0 Å². The van der Waals surface area contributed by atoms with Gasteiger partial charge >= 0.3 is 0 Å². The number of fused-ring (bicyclic) bond motifs is 3. The minimum Gasteiger partial charge on any atom is -0.248 e. The molecule has 0 atom stereocenters. The van der Waals surface area contributed by atoms with Gasteiger partial charge in [0, 0.05) is 27.6 Å². The summed E-state index contributed by atoms with van der Waals surface area (Å²) in [6.45, 7) is 0. The first kappa shape index (κ1) is 33.0. The van der Waals surface area contributed by atoms with Gasteiger partial charge in [-0.1, -0.05) is 188 Å². The van der Waals surface area contributed by atoms with Crippen LogP contribution in [0.5, 0.6) is 0 Å². The summed E-state index contributed by atoms with van der Waals surface area (Å²) in [6.07, 6.45) is 0. The lowest BCUT2D eigenvalue weighted by Gasteiger charge is -2.16. The molecule has 10 rings (SSSR count). The van der Waals surface area contributed by atoms with Gasteiger partial charge in [-0.2, -0.15) is 0 Å². The van der Waals surface area contributed by atoms with Gasteiger partial charge in [0.2, 0.25) is 0 Å². The van der Waals surface area contributed by atoms with Crippen molar-refractivity contribution < 1.29 is 0 Å². The van der Waals surface area contributed by atoms with E-state index in [1.165, 1.54) is 5.56 Å². The van der Waals surface area contributed by atoms with Crippen LogP contribution in [0.1, 0.15) is 0 Å². The molecule has 0 saturated heterocycles. The quantitative estimate of drug-likeness (QED) is 0.154. The largest absolute Gasteiger partial charge is 0.248 e. The zero-order valence-electron chi connectivity index (χ0n) is 30.4. The Kier molecular flexibility index (Phi) is 8.47. The van der Waals surface area contributed by atoms with Gasteiger partial charge in [0.25, 0.3) is 0 Å². The van der Waals surface area contributed by atoms with Crippen LogP contribution in [0, 0.1) is 0 Å². The van der Waals surface area contributed by atoms with E-state index in [-0.39, 0.29) is 0 Å². The zero-order valence-corrected chi connectivity index (χ0v) is 30.4. The molecular weight excluding hydrogens is 681 g/mol. The highest BCUT2D eigenvalue weighted by Crippen LogP contribution is 2.41. The fourth-order valence-electron chi connectivity index (χ4n) is 7.56. The molecule has 0 aliphatic rings. The molecule has 0 bridgehead atoms. The summed E-state index contributed by atoms with van der Waals surface area (Å²) in [7, 11) is 0. The van der Waals surface area contributed by atoms with Gasteiger partial charge in [-0.3, -0.25) is 0 Å². The lowest BCUT2D eigenvalue weighted by Crippen LogP contribution is -2.00. The molecule has 2 aromatic heterocycles. The standard InChI is InChI=1S/C52H34N4/c1-5-16-35(17-6-1)36-28-30-40(31-29-36)51-54-50(39-22-11-4-12-23-39)55-52(56-51)42-25-15-24-41(32-42)45-33-48-49(44-27-14-13-26-43(44)45)46(37-18-7-2-8-19-37)34-47(53-48)38-20-9-3-10-21-38/h1-34H.